The van der Waals surface area contributed by atoms with Crippen molar-refractivity contribution in [3.8, 4) is 0 Å². The molecule has 21 heavy (non-hydrogen) atoms. The summed E-state index contributed by atoms with van der Waals surface area (Å²) in [4.78, 5) is 12.2. The van der Waals surface area contributed by atoms with E-state index >= 15 is 0 Å². The molecular weight excluding hydrogens is 312 g/mol. The van der Waals surface area contributed by atoms with Gasteiger partial charge in [0.15, 0.2) is 0 Å². The van der Waals surface area contributed by atoms with Crippen molar-refractivity contribution in [1.82, 2.24) is 5.32 Å². The standard InChI is InChI=1S/C14H26N2O3S.ClH/c1-20(18,19)10-14(6-7-14)8-13(17)16-12-5-3-2-4-11(12)9-15;/h11-12H,2-10,15H2,1H3,(H,16,17);1H. The molecule has 0 aromatic heterocycles. The van der Waals surface area contributed by atoms with E-state index in [9.17, 15) is 13.2 Å². The molecule has 0 bridgehead atoms. The van der Waals surface area contributed by atoms with Gasteiger partial charge < -0.3 is 11.1 Å². The topological polar surface area (TPSA) is 89.3 Å². The van der Waals surface area contributed by atoms with E-state index in [1.165, 1.54) is 12.7 Å². The Hall–Kier alpha value is -0.330. The van der Waals surface area contributed by atoms with Crippen molar-refractivity contribution in [3.63, 3.8) is 0 Å². The fraction of sp³-hybridized carbons (Fsp3) is 0.929. The molecule has 1 amide bonds. The summed E-state index contributed by atoms with van der Waals surface area (Å²) < 4.78 is 22.8. The third-order valence-electron chi connectivity index (χ3n) is 4.62. The summed E-state index contributed by atoms with van der Waals surface area (Å²) in [6.07, 6.45) is 7.67. The van der Waals surface area contributed by atoms with Gasteiger partial charge in [-0.1, -0.05) is 12.8 Å². The highest BCUT2D eigenvalue weighted by atomic mass is 35.5. The van der Waals surface area contributed by atoms with Gasteiger partial charge in [-0.15, -0.1) is 12.4 Å². The van der Waals surface area contributed by atoms with Crippen molar-refractivity contribution in [3.05, 3.63) is 0 Å². The first kappa shape index (κ1) is 18.7. The summed E-state index contributed by atoms with van der Waals surface area (Å²) in [5.74, 6) is 0.507. The van der Waals surface area contributed by atoms with Gasteiger partial charge in [0, 0.05) is 18.7 Å². The van der Waals surface area contributed by atoms with Crippen molar-refractivity contribution in [2.45, 2.75) is 51.0 Å². The lowest BCUT2D eigenvalue weighted by molar-refractivity contribution is -0.123. The van der Waals surface area contributed by atoms with Crippen LogP contribution in [-0.4, -0.2) is 38.9 Å². The zero-order valence-electron chi connectivity index (χ0n) is 12.6. The summed E-state index contributed by atoms with van der Waals surface area (Å²) in [5, 5.41) is 3.09. The van der Waals surface area contributed by atoms with Crippen molar-refractivity contribution < 1.29 is 13.2 Å². The van der Waals surface area contributed by atoms with Crippen LogP contribution in [0.25, 0.3) is 0 Å². The summed E-state index contributed by atoms with van der Waals surface area (Å²) in [7, 11) is -3.01. The molecule has 7 heteroatoms. The maximum Gasteiger partial charge on any atom is 0.220 e. The largest absolute Gasteiger partial charge is 0.353 e. The highest BCUT2D eigenvalue weighted by Gasteiger charge is 2.46. The molecule has 0 heterocycles. The van der Waals surface area contributed by atoms with E-state index in [0.717, 1.165) is 32.1 Å². The normalized spacial score (nSPS) is 27.5. The van der Waals surface area contributed by atoms with Crippen molar-refractivity contribution in [2.75, 3.05) is 18.6 Å². The van der Waals surface area contributed by atoms with Gasteiger partial charge in [-0.3, -0.25) is 4.79 Å². The number of halogens is 1. The molecule has 2 aliphatic carbocycles. The first-order valence-corrected chi connectivity index (χ1v) is 9.57. The molecule has 0 spiro atoms. The van der Waals surface area contributed by atoms with Crippen molar-refractivity contribution in [1.29, 1.82) is 0 Å². The Morgan fingerprint density at radius 3 is 2.43 bits per heavy atom. The van der Waals surface area contributed by atoms with Gasteiger partial charge in [0.05, 0.1) is 5.75 Å². The molecule has 0 aromatic rings. The lowest BCUT2D eigenvalue weighted by atomic mass is 9.84. The molecule has 0 radical (unpaired) electrons. The van der Waals surface area contributed by atoms with Crippen LogP contribution in [0.2, 0.25) is 0 Å². The number of carbonyl (C=O) groups is 1. The highest BCUT2D eigenvalue weighted by Crippen LogP contribution is 2.49. The Morgan fingerprint density at radius 1 is 1.29 bits per heavy atom. The van der Waals surface area contributed by atoms with E-state index < -0.39 is 9.84 Å². The van der Waals surface area contributed by atoms with E-state index in [2.05, 4.69) is 5.32 Å². The predicted octanol–water partition coefficient (Wildman–Crippen LogP) is 1.26. The third kappa shape index (κ3) is 5.75. The number of nitrogens with two attached hydrogens (primary N) is 1. The van der Waals surface area contributed by atoms with Gasteiger partial charge in [0.1, 0.15) is 9.84 Å². The van der Waals surface area contributed by atoms with E-state index in [0.29, 0.717) is 18.9 Å². The minimum absolute atomic E-state index is 0. The second-order valence-corrected chi connectivity index (χ2v) is 8.84. The number of rotatable bonds is 6. The number of sulfone groups is 1. The number of hydrogen-bond donors (Lipinski definition) is 2. The molecule has 0 aliphatic heterocycles. The Kier molecular flexibility index (Phi) is 6.50. The first-order chi connectivity index (χ1) is 9.34. The van der Waals surface area contributed by atoms with Gasteiger partial charge in [0.25, 0.3) is 0 Å². The van der Waals surface area contributed by atoms with Crippen LogP contribution >= 0.6 is 12.4 Å². The summed E-state index contributed by atoms with van der Waals surface area (Å²) in [6, 6.07) is 0.176. The molecule has 0 saturated heterocycles. The van der Waals surface area contributed by atoms with Crippen LogP contribution in [0, 0.1) is 11.3 Å². The molecule has 0 aromatic carbocycles. The zero-order valence-corrected chi connectivity index (χ0v) is 14.3. The summed E-state index contributed by atoms with van der Waals surface area (Å²) in [6.45, 7) is 0.611. The fourth-order valence-corrected chi connectivity index (χ4v) is 4.89. The van der Waals surface area contributed by atoms with Crippen LogP contribution in [0.5, 0.6) is 0 Å². The van der Waals surface area contributed by atoms with Crippen LogP contribution in [0.15, 0.2) is 0 Å². The quantitative estimate of drug-likeness (QED) is 0.763. The van der Waals surface area contributed by atoms with E-state index in [1.54, 1.807) is 0 Å². The average Bonchev–Trinajstić information content (AvgIpc) is 3.06. The smallest absolute Gasteiger partial charge is 0.220 e. The van der Waals surface area contributed by atoms with Crippen LogP contribution < -0.4 is 11.1 Å². The summed E-state index contributed by atoms with van der Waals surface area (Å²) >= 11 is 0. The average molecular weight is 339 g/mol. The molecule has 2 saturated carbocycles. The van der Waals surface area contributed by atoms with Gasteiger partial charge in [0.2, 0.25) is 5.91 Å². The minimum Gasteiger partial charge on any atom is -0.353 e. The number of carbonyl (C=O) groups excluding carboxylic acids is 1. The lowest BCUT2D eigenvalue weighted by Gasteiger charge is -2.31. The Labute approximate surface area is 133 Å². The molecule has 5 nitrogen and oxygen atoms in total. The number of hydrogen-bond acceptors (Lipinski definition) is 4. The molecule has 3 N–H and O–H groups in total. The monoisotopic (exact) mass is 338 g/mol. The highest BCUT2D eigenvalue weighted by molar-refractivity contribution is 7.90. The van der Waals surface area contributed by atoms with Gasteiger partial charge in [-0.25, -0.2) is 8.42 Å². The number of amides is 1. The molecule has 2 rings (SSSR count). The maximum absolute atomic E-state index is 12.2. The van der Waals surface area contributed by atoms with Gasteiger partial charge in [-0.05, 0) is 43.6 Å². The molecule has 2 aliphatic rings. The van der Waals surface area contributed by atoms with Crippen LogP contribution in [0.3, 0.4) is 0 Å². The second-order valence-electron chi connectivity index (χ2n) is 6.70. The first-order valence-electron chi connectivity index (χ1n) is 7.51. The molecule has 2 fully saturated rings. The Morgan fingerprint density at radius 2 is 1.90 bits per heavy atom. The fourth-order valence-electron chi connectivity index (χ4n) is 3.38. The Balaban J connectivity index is 0.00000220. The van der Waals surface area contributed by atoms with Gasteiger partial charge >= 0.3 is 0 Å². The summed E-state index contributed by atoms with van der Waals surface area (Å²) in [5.41, 5.74) is 5.47. The van der Waals surface area contributed by atoms with Crippen molar-refractivity contribution >= 4 is 28.2 Å². The van der Waals surface area contributed by atoms with E-state index in [1.807, 2.05) is 0 Å². The van der Waals surface area contributed by atoms with Crippen LogP contribution in [0.4, 0.5) is 0 Å². The SMILES string of the molecule is CS(=O)(=O)CC1(CC(=O)NC2CCCCC2CN)CC1.Cl. The lowest BCUT2D eigenvalue weighted by Crippen LogP contribution is -2.45. The van der Waals surface area contributed by atoms with Crippen LogP contribution in [0.1, 0.15) is 44.9 Å². The Bertz CT molecular complexity index is 463. The third-order valence-corrected chi connectivity index (χ3v) is 5.76. The number of nitrogens with one attached hydrogen (secondary N) is 1. The van der Waals surface area contributed by atoms with Gasteiger partial charge in [-0.2, -0.15) is 0 Å². The van der Waals surface area contributed by atoms with E-state index in [4.69, 9.17) is 5.73 Å². The molecule has 124 valence electrons. The second kappa shape index (κ2) is 7.29. The van der Waals surface area contributed by atoms with Crippen LogP contribution in [-0.2, 0) is 14.6 Å². The molecule has 2 unspecified atom stereocenters. The zero-order chi connectivity index (χ0) is 14.8. The van der Waals surface area contributed by atoms with E-state index in [-0.39, 0.29) is 35.5 Å². The van der Waals surface area contributed by atoms with Crippen molar-refractivity contribution in [2.24, 2.45) is 17.1 Å². The predicted molar refractivity (Wildman–Crippen MR) is 86.2 cm³/mol. The minimum atomic E-state index is -3.01. The molecule has 2 atom stereocenters. The molecular formula is C14H27ClN2O3S. The maximum atomic E-state index is 12.2.